The highest BCUT2D eigenvalue weighted by atomic mass is 16.1. The fourth-order valence-corrected chi connectivity index (χ4v) is 1.54. The predicted molar refractivity (Wildman–Crippen MR) is 70.0 cm³/mol. The molecule has 18 heavy (non-hydrogen) atoms. The van der Waals surface area contributed by atoms with Crippen molar-refractivity contribution >= 4 is 17.4 Å². The fraction of sp³-hybridized carbons (Fsp3) is 0.154. The number of hydrogen-bond acceptors (Lipinski definition) is 4. The van der Waals surface area contributed by atoms with Crippen LogP contribution < -0.4 is 11.1 Å². The van der Waals surface area contributed by atoms with Gasteiger partial charge in [-0.25, -0.2) is 4.98 Å². The summed E-state index contributed by atoms with van der Waals surface area (Å²) in [5.74, 6) is 0.303. The zero-order valence-corrected chi connectivity index (χ0v) is 10.1. The second-order valence-electron chi connectivity index (χ2n) is 3.96. The Morgan fingerprint density at radius 1 is 1.33 bits per heavy atom. The van der Waals surface area contributed by atoms with Crippen LogP contribution in [-0.2, 0) is 11.2 Å². The Morgan fingerprint density at radius 2 is 2.17 bits per heavy atom. The molecule has 2 heterocycles. The molecule has 0 aliphatic carbocycles. The Bertz CT molecular complexity index is 551. The summed E-state index contributed by atoms with van der Waals surface area (Å²) in [6.45, 7) is 1.93. The quantitative estimate of drug-likeness (QED) is 0.855. The molecule has 0 aliphatic rings. The van der Waals surface area contributed by atoms with E-state index in [1.165, 1.54) is 6.20 Å². The van der Waals surface area contributed by atoms with Gasteiger partial charge in [0.1, 0.15) is 5.82 Å². The Hall–Kier alpha value is -2.43. The minimum atomic E-state index is -0.122. The third-order valence-corrected chi connectivity index (χ3v) is 2.52. The standard InChI is InChI=1S/C13H14N4O/c1-9-3-2-6-15-11(9)7-13(18)17-10-4-5-12(14)16-8-10/h2-6,8H,7H2,1H3,(H2,14,16)(H,17,18). The lowest BCUT2D eigenvalue weighted by Crippen LogP contribution is -2.16. The molecule has 0 unspecified atom stereocenters. The molecule has 0 saturated carbocycles. The van der Waals surface area contributed by atoms with E-state index in [0.717, 1.165) is 11.3 Å². The summed E-state index contributed by atoms with van der Waals surface area (Å²) in [6.07, 6.45) is 3.45. The zero-order chi connectivity index (χ0) is 13.0. The van der Waals surface area contributed by atoms with Crippen LogP contribution in [0.25, 0.3) is 0 Å². The number of carbonyl (C=O) groups excluding carboxylic acids is 1. The van der Waals surface area contributed by atoms with Crippen LogP contribution in [0, 0.1) is 6.92 Å². The molecule has 0 atom stereocenters. The van der Waals surface area contributed by atoms with Crippen molar-refractivity contribution in [3.8, 4) is 0 Å². The number of nitrogens with zero attached hydrogens (tertiary/aromatic N) is 2. The number of pyridine rings is 2. The number of anilines is 2. The smallest absolute Gasteiger partial charge is 0.230 e. The first-order valence-electron chi connectivity index (χ1n) is 5.57. The van der Waals surface area contributed by atoms with Crippen molar-refractivity contribution in [1.82, 2.24) is 9.97 Å². The molecule has 1 amide bonds. The van der Waals surface area contributed by atoms with Crippen LogP contribution in [0.3, 0.4) is 0 Å². The van der Waals surface area contributed by atoms with Gasteiger partial charge in [0.25, 0.3) is 0 Å². The molecule has 2 aromatic heterocycles. The van der Waals surface area contributed by atoms with Crippen molar-refractivity contribution in [3.05, 3.63) is 47.9 Å². The third kappa shape index (κ3) is 3.04. The number of nitrogens with one attached hydrogen (secondary N) is 1. The Balaban J connectivity index is 2.01. The highest BCUT2D eigenvalue weighted by Gasteiger charge is 2.07. The van der Waals surface area contributed by atoms with Crippen molar-refractivity contribution in [2.45, 2.75) is 13.3 Å². The van der Waals surface area contributed by atoms with Gasteiger partial charge in [-0.05, 0) is 30.7 Å². The molecule has 0 spiro atoms. The van der Waals surface area contributed by atoms with E-state index in [-0.39, 0.29) is 12.3 Å². The molecular formula is C13H14N4O. The fourth-order valence-electron chi connectivity index (χ4n) is 1.54. The van der Waals surface area contributed by atoms with Gasteiger partial charge >= 0.3 is 0 Å². The highest BCUT2D eigenvalue weighted by molar-refractivity contribution is 5.92. The number of nitrogens with two attached hydrogens (primary N) is 1. The molecule has 5 heteroatoms. The van der Waals surface area contributed by atoms with Crippen LogP contribution >= 0.6 is 0 Å². The van der Waals surface area contributed by atoms with Crippen molar-refractivity contribution in [3.63, 3.8) is 0 Å². The van der Waals surface area contributed by atoms with Gasteiger partial charge in [0, 0.05) is 6.20 Å². The van der Waals surface area contributed by atoms with E-state index in [0.29, 0.717) is 11.5 Å². The summed E-state index contributed by atoms with van der Waals surface area (Å²) >= 11 is 0. The maximum absolute atomic E-state index is 11.8. The van der Waals surface area contributed by atoms with Crippen LogP contribution in [0.5, 0.6) is 0 Å². The highest BCUT2D eigenvalue weighted by Crippen LogP contribution is 2.09. The van der Waals surface area contributed by atoms with Crippen LogP contribution in [-0.4, -0.2) is 15.9 Å². The Kier molecular flexibility index (Phi) is 3.52. The van der Waals surface area contributed by atoms with Gasteiger partial charge in [-0.2, -0.15) is 0 Å². The monoisotopic (exact) mass is 242 g/mol. The lowest BCUT2D eigenvalue weighted by molar-refractivity contribution is -0.115. The molecule has 2 rings (SSSR count). The van der Waals surface area contributed by atoms with Gasteiger partial charge in [0.15, 0.2) is 0 Å². The summed E-state index contributed by atoms with van der Waals surface area (Å²) in [4.78, 5) is 19.9. The molecule has 0 aliphatic heterocycles. The number of aryl methyl sites for hydroxylation is 1. The third-order valence-electron chi connectivity index (χ3n) is 2.52. The number of nitrogen functional groups attached to an aromatic ring is 1. The second kappa shape index (κ2) is 5.27. The zero-order valence-electron chi connectivity index (χ0n) is 10.1. The first-order valence-corrected chi connectivity index (χ1v) is 5.57. The van der Waals surface area contributed by atoms with Gasteiger partial charge in [-0.15, -0.1) is 0 Å². The molecular weight excluding hydrogens is 228 g/mol. The van der Waals surface area contributed by atoms with Crippen LogP contribution in [0.1, 0.15) is 11.3 Å². The van der Waals surface area contributed by atoms with E-state index in [1.54, 1.807) is 18.3 Å². The molecule has 5 nitrogen and oxygen atoms in total. The SMILES string of the molecule is Cc1cccnc1CC(=O)Nc1ccc(N)nc1. The van der Waals surface area contributed by atoms with Gasteiger partial charge in [-0.3, -0.25) is 9.78 Å². The van der Waals surface area contributed by atoms with E-state index in [2.05, 4.69) is 15.3 Å². The largest absolute Gasteiger partial charge is 0.384 e. The average Bonchev–Trinajstić information content (AvgIpc) is 2.35. The summed E-state index contributed by atoms with van der Waals surface area (Å²) in [6, 6.07) is 7.13. The van der Waals surface area contributed by atoms with Crippen LogP contribution in [0.4, 0.5) is 11.5 Å². The summed E-state index contributed by atoms with van der Waals surface area (Å²) < 4.78 is 0. The number of rotatable bonds is 3. The normalized spacial score (nSPS) is 10.1. The lowest BCUT2D eigenvalue weighted by Gasteiger charge is -2.06. The maximum Gasteiger partial charge on any atom is 0.230 e. The van der Waals surface area contributed by atoms with E-state index in [4.69, 9.17) is 5.73 Å². The lowest BCUT2D eigenvalue weighted by atomic mass is 10.1. The van der Waals surface area contributed by atoms with Crippen molar-refractivity contribution in [1.29, 1.82) is 0 Å². The summed E-state index contributed by atoms with van der Waals surface area (Å²) in [7, 11) is 0. The molecule has 92 valence electrons. The van der Waals surface area contributed by atoms with Gasteiger partial charge < -0.3 is 11.1 Å². The first-order chi connectivity index (χ1) is 8.65. The molecule has 0 radical (unpaired) electrons. The van der Waals surface area contributed by atoms with Gasteiger partial charge in [-0.1, -0.05) is 6.07 Å². The van der Waals surface area contributed by atoms with E-state index in [1.807, 2.05) is 19.1 Å². The second-order valence-corrected chi connectivity index (χ2v) is 3.96. The number of hydrogen-bond donors (Lipinski definition) is 2. The van der Waals surface area contributed by atoms with Crippen molar-refractivity contribution in [2.75, 3.05) is 11.1 Å². The first kappa shape index (κ1) is 12.0. The molecule has 0 bridgehead atoms. The molecule has 0 fully saturated rings. The maximum atomic E-state index is 11.8. The minimum absolute atomic E-state index is 0.122. The van der Waals surface area contributed by atoms with Crippen molar-refractivity contribution in [2.24, 2.45) is 0 Å². The van der Waals surface area contributed by atoms with Crippen LogP contribution in [0.2, 0.25) is 0 Å². The van der Waals surface area contributed by atoms with Crippen LogP contribution in [0.15, 0.2) is 36.7 Å². The van der Waals surface area contributed by atoms with Gasteiger partial charge in [0.2, 0.25) is 5.91 Å². The summed E-state index contributed by atoms with van der Waals surface area (Å²) in [5.41, 5.74) is 7.87. The minimum Gasteiger partial charge on any atom is -0.384 e. The Labute approximate surface area is 105 Å². The van der Waals surface area contributed by atoms with E-state index >= 15 is 0 Å². The Morgan fingerprint density at radius 3 is 2.83 bits per heavy atom. The van der Waals surface area contributed by atoms with Crippen molar-refractivity contribution < 1.29 is 4.79 Å². The van der Waals surface area contributed by atoms with E-state index < -0.39 is 0 Å². The topological polar surface area (TPSA) is 80.9 Å². The molecule has 0 aromatic carbocycles. The van der Waals surface area contributed by atoms with Gasteiger partial charge in [0.05, 0.1) is 24.0 Å². The summed E-state index contributed by atoms with van der Waals surface area (Å²) in [5, 5.41) is 2.75. The number of aromatic nitrogens is 2. The number of amides is 1. The van der Waals surface area contributed by atoms with E-state index in [9.17, 15) is 4.79 Å². The molecule has 0 saturated heterocycles. The molecule has 3 N–H and O–H groups in total. The number of carbonyl (C=O) groups is 1. The average molecular weight is 242 g/mol. The predicted octanol–water partition coefficient (Wildman–Crippen LogP) is 1.55. The molecule has 2 aromatic rings.